The Hall–Kier alpha value is -1.75. The molecule has 0 heterocycles. The number of carbonyl (C=O) groups is 3. The standard InChI is InChI=1S/C15H18O5/c1-9-4-5-10(8-19-2)13-11(16)6-7-12(17)15(9,13)14(18)20-3/h4-7,9-10,13H,8H2,1-3H3/t9-,10-,13?,15-/m0/s1. The first-order valence-corrected chi connectivity index (χ1v) is 6.52. The molecule has 0 aromatic rings. The van der Waals surface area contributed by atoms with Crippen molar-refractivity contribution in [2.24, 2.45) is 23.2 Å². The van der Waals surface area contributed by atoms with E-state index in [9.17, 15) is 14.4 Å². The number of carbonyl (C=O) groups excluding carboxylic acids is 3. The van der Waals surface area contributed by atoms with Gasteiger partial charge in [-0.2, -0.15) is 0 Å². The Morgan fingerprint density at radius 2 is 1.95 bits per heavy atom. The fraction of sp³-hybridized carbons (Fsp3) is 0.533. The van der Waals surface area contributed by atoms with Gasteiger partial charge in [0.25, 0.3) is 0 Å². The van der Waals surface area contributed by atoms with Gasteiger partial charge in [-0.3, -0.25) is 14.4 Å². The van der Waals surface area contributed by atoms with Gasteiger partial charge in [-0.25, -0.2) is 0 Å². The fourth-order valence-electron chi connectivity index (χ4n) is 3.33. The van der Waals surface area contributed by atoms with Gasteiger partial charge in [0.05, 0.1) is 19.6 Å². The number of allylic oxidation sites excluding steroid dienone is 3. The first kappa shape index (κ1) is 14.7. The quantitative estimate of drug-likeness (QED) is 0.436. The van der Waals surface area contributed by atoms with Gasteiger partial charge in [0.15, 0.2) is 11.6 Å². The van der Waals surface area contributed by atoms with Crippen molar-refractivity contribution in [2.45, 2.75) is 6.92 Å². The number of hydrogen-bond acceptors (Lipinski definition) is 5. The zero-order valence-electron chi connectivity index (χ0n) is 11.8. The summed E-state index contributed by atoms with van der Waals surface area (Å²) >= 11 is 0. The summed E-state index contributed by atoms with van der Waals surface area (Å²) in [5.41, 5.74) is -1.46. The van der Waals surface area contributed by atoms with Crippen molar-refractivity contribution < 1.29 is 23.9 Å². The van der Waals surface area contributed by atoms with E-state index in [4.69, 9.17) is 9.47 Å². The molecule has 0 saturated heterocycles. The lowest BCUT2D eigenvalue weighted by atomic mass is 9.54. The van der Waals surface area contributed by atoms with Crippen LogP contribution in [0.4, 0.5) is 0 Å². The van der Waals surface area contributed by atoms with Gasteiger partial charge in [-0.05, 0) is 18.1 Å². The van der Waals surface area contributed by atoms with Crippen LogP contribution in [0, 0.1) is 23.2 Å². The van der Waals surface area contributed by atoms with Crippen molar-refractivity contribution in [3.63, 3.8) is 0 Å². The van der Waals surface area contributed by atoms with Crippen LogP contribution in [0.25, 0.3) is 0 Å². The summed E-state index contributed by atoms with van der Waals surface area (Å²) < 4.78 is 9.96. The van der Waals surface area contributed by atoms with Crippen LogP contribution >= 0.6 is 0 Å². The van der Waals surface area contributed by atoms with E-state index in [2.05, 4.69) is 0 Å². The van der Waals surface area contributed by atoms with Gasteiger partial charge in [0.2, 0.25) is 0 Å². The molecule has 0 aliphatic heterocycles. The van der Waals surface area contributed by atoms with Crippen molar-refractivity contribution in [2.75, 3.05) is 20.8 Å². The normalized spacial score (nSPS) is 35.9. The summed E-state index contributed by atoms with van der Waals surface area (Å²) in [6, 6.07) is 0. The Kier molecular flexibility index (Phi) is 3.90. The summed E-state index contributed by atoms with van der Waals surface area (Å²) in [5, 5.41) is 0. The number of fused-ring (bicyclic) bond motifs is 1. The zero-order chi connectivity index (χ0) is 14.9. The summed E-state index contributed by atoms with van der Waals surface area (Å²) in [6.07, 6.45) is 6.09. The van der Waals surface area contributed by atoms with Crippen molar-refractivity contribution in [3.8, 4) is 0 Å². The summed E-state index contributed by atoms with van der Waals surface area (Å²) in [4.78, 5) is 37.1. The molecule has 0 aromatic carbocycles. The Bertz CT molecular complexity index is 504. The van der Waals surface area contributed by atoms with Crippen LogP contribution in [0.15, 0.2) is 24.3 Å². The average molecular weight is 278 g/mol. The largest absolute Gasteiger partial charge is 0.468 e. The molecule has 20 heavy (non-hydrogen) atoms. The minimum atomic E-state index is -1.46. The smallest absolute Gasteiger partial charge is 0.321 e. The highest BCUT2D eigenvalue weighted by Crippen LogP contribution is 2.49. The van der Waals surface area contributed by atoms with Crippen molar-refractivity contribution in [1.29, 1.82) is 0 Å². The number of methoxy groups -OCH3 is 2. The molecule has 108 valence electrons. The Morgan fingerprint density at radius 1 is 1.25 bits per heavy atom. The predicted octanol–water partition coefficient (Wildman–Crippen LogP) is 0.939. The summed E-state index contributed by atoms with van der Waals surface area (Å²) in [7, 11) is 2.76. The Morgan fingerprint density at radius 3 is 2.55 bits per heavy atom. The van der Waals surface area contributed by atoms with E-state index in [1.165, 1.54) is 26.4 Å². The van der Waals surface area contributed by atoms with Crippen molar-refractivity contribution in [1.82, 2.24) is 0 Å². The molecule has 2 aliphatic rings. The lowest BCUT2D eigenvalue weighted by Gasteiger charge is -2.45. The SMILES string of the molecule is COC[C@@H]1C=C[C@H](C)[C@]2(C(=O)OC)C(=O)C=CC(=O)C12. The molecule has 0 bridgehead atoms. The molecule has 0 N–H and O–H groups in total. The Labute approximate surface area is 117 Å². The average Bonchev–Trinajstić information content (AvgIpc) is 2.44. The Balaban J connectivity index is 2.62. The lowest BCUT2D eigenvalue weighted by Crippen LogP contribution is -2.58. The van der Waals surface area contributed by atoms with Crippen LogP contribution in [-0.2, 0) is 23.9 Å². The van der Waals surface area contributed by atoms with Gasteiger partial charge >= 0.3 is 5.97 Å². The molecule has 2 aliphatic carbocycles. The molecule has 0 fully saturated rings. The van der Waals surface area contributed by atoms with Crippen LogP contribution in [0.2, 0.25) is 0 Å². The van der Waals surface area contributed by atoms with Gasteiger partial charge in [0.1, 0.15) is 5.41 Å². The molecular formula is C15H18O5. The third kappa shape index (κ3) is 1.85. The number of esters is 1. The van der Waals surface area contributed by atoms with E-state index in [0.29, 0.717) is 0 Å². The van der Waals surface area contributed by atoms with E-state index in [1.54, 1.807) is 13.0 Å². The first-order chi connectivity index (χ1) is 9.49. The molecule has 4 atom stereocenters. The number of hydrogen-bond donors (Lipinski definition) is 0. The molecule has 5 heteroatoms. The molecular weight excluding hydrogens is 260 g/mol. The molecule has 0 spiro atoms. The number of ether oxygens (including phenoxy) is 2. The maximum absolute atomic E-state index is 12.4. The summed E-state index contributed by atoms with van der Waals surface area (Å²) in [5.74, 6) is -2.71. The van der Waals surface area contributed by atoms with E-state index in [0.717, 1.165) is 0 Å². The van der Waals surface area contributed by atoms with Crippen LogP contribution < -0.4 is 0 Å². The van der Waals surface area contributed by atoms with Crippen LogP contribution in [0.3, 0.4) is 0 Å². The minimum absolute atomic E-state index is 0.228. The maximum Gasteiger partial charge on any atom is 0.321 e. The topological polar surface area (TPSA) is 69.7 Å². The third-order valence-electron chi connectivity index (χ3n) is 4.28. The lowest BCUT2D eigenvalue weighted by molar-refractivity contribution is -0.169. The van der Waals surface area contributed by atoms with Gasteiger partial charge in [-0.15, -0.1) is 0 Å². The number of rotatable bonds is 3. The van der Waals surface area contributed by atoms with Gasteiger partial charge in [-0.1, -0.05) is 19.1 Å². The van der Waals surface area contributed by atoms with Crippen molar-refractivity contribution >= 4 is 17.5 Å². The fourth-order valence-corrected chi connectivity index (χ4v) is 3.33. The van der Waals surface area contributed by atoms with E-state index in [1.807, 2.05) is 6.08 Å². The molecule has 0 aromatic heterocycles. The maximum atomic E-state index is 12.4. The second kappa shape index (κ2) is 5.32. The van der Waals surface area contributed by atoms with Crippen LogP contribution in [-0.4, -0.2) is 38.4 Å². The van der Waals surface area contributed by atoms with Gasteiger partial charge in [0, 0.05) is 13.0 Å². The van der Waals surface area contributed by atoms with Gasteiger partial charge < -0.3 is 9.47 Å². The molecule has 0 saturated carbocycles. The van der Waals surface area contributed by atoms with Crippen LogP contribution in [0.1, 0.15) is 6.92 Å². The molecule has 2 rings (SSSR count). The predicted molar refractivity (Wildman–Crippen MR) is 70.8 cm³/mol. The monoisotopic (exact) mass is 278 g/mol. The second-order valence-electron chi connectivity index (χ2n) is 5.23. The molecule has 5 nitrogen and oxygen atoms in total. The zero-order valence-corrected chi connectivity index (χ0v) is 11.8. The van der Waals surface area contributed by atoms with E-state index >= 15 is 0 Å². The highest BCUT2D eigenvalue weighted by Gasteiger charge is 2.62. The van der Waals surface area contributed by atoms with E-state index < -0.39 is 23.2 Å². The second-order valence-corrected chi connectivity index (χ2v) is 5.23. The molecule has 0 amide bonds. The molecule has 1 unspecified atom stereocenters. The number of ketones is 2. The van der Waals surface area contributed by atoms with E-state index in [-0.39, 0.29) is 24.1 Å². The highest BCUT2D eigenvalue weighted by atomic mass is 16.5. The highest BCUT2D eigenvalue weighted by molar-refractivity contribution is 6.19. The minimum Gasteiger partial charge on any atom is -0.468 e. The third-order valence-corrected chi connectivity index (χ3v) is 4.28. The molecule has 0 radical (unpaired) electrons. The van der Waals surface area contributed by atoms with Crippen LogP contribution in [0.5, 0.6) is 0 Å². The first-order valence-electron chi connectivity index (χ1n) is 6.52. The summed E-state index contributed by atoms with van der Waals surface area (Å²) in [6.45, 7) is 2.03. The van der Waals surface area contributed by atoms with Crippen molar-refractivity contribution in [3.05, 3.63) is 24.3 Å².